The van der Waals surface area contributed by atoms with Gasteiger partial charge in [0.1, 0.15) is 5.82 Å². The third kappa shape index (κ3) is 2.55. The van der Waals surface area contributed by atoms with Gasteiger partial charge >= 0.3 is 6.18 Å². The van der Waals surface area contributed by atoms with Crippen LogP contribution in [0.2, 0.25) is 0 Å². The molecule has 0 amide bonds. The van der Waals surface area contributed by atoms with Gasteiger partial charge in [-0.25, -0.2) is 4.98 Å². The largest absolute Gasteiger partial charge is 0.416 e. The molecule has 0 spiro atoms. The molecule has 0 radical (unpaired) electrons. The lowest BCUT2D eigenvalue weighted by atomic mass is 10.1. The smallest absolute Gasteiger partial charge is 0.338 e. The molecule has 0 saturated heterocycles. The predicted octanol–water partition coefficient (Wildman–Crippen LogP) is 5.32. The van der Waals surface area contributed by atoms with Gasteiger partial charge in [0.15, 0.2) is 0 Å². The van der Waals surface area contributed by atoms with Crippen molar-refractivity contribution in [3.8, 4) is 11.4 Å². The van der Waals surface area contributed by atoms with Crippen LogP contribution in [0.15, 0.2) is 40.9 Å². The minimum atomic E-state index is -4.36. The summed E-state index contributed by atoms with van der Waals surface area (Å²) in [6, 6.07) is 9.18. The molecule has 1 aromatic heterocycles. The number of aromatic nitrogens is 2. The lowest BCUT2D eigenvalue weighted by molar-refractivity contribution is -0.137. The number of H-pyrrole nitrogens is 1. The molecular formula is C15H10BrF3N2. The van der Waals surface area contributed by atoms with Gasteiger partial charge in [0, 0.05) is 10.0 Å². The number of aryl methyl sites for hydroxylation is 1. The zero-order chi connectivity index (χ0) is 15.2. The van der Waals surface area contributed by atoms with Gasteiger partial charge in [-0.3, -0.25) is 0 Å². The fourth-order valence-corrected chi connectivity index (χ4v) is 2.60. The Morgan fingerprint density at radius 2 is 1.90 bits per heavy atom. The number of nitrogens with one attached hydrogen (secondary N) is 1. The second kappa shape index (κ2) is 4.87. The first-order chi connectivity index (χ1) is 9.86. The normalized spacial score (nSPS) is 12.0. The van der Waals surface area contributed by atoms with Gasteiger partial charge in [-0.05, 0) is 46.6 Å². The molecule has 0 unspecified atom stereocenters. The van der Waals surface area contributed by atoms with Crippen molar-refractivity contribution in [2.24, 2.45) is 0 Å². The molecule has 6 heteroatoms. The Kier molecular flexibility index (Phi) is 3.28. The summed E-state index contributed by atoms with van der Waals surface area (Å²) in [4.78, 5) is 7.31. The third-order valence-electron chi connectivity index (χ3n) is 3.26. The number of halogens is 4. The molecule has 0 saturated carbocycles. The van der Waals surface area contributed by atoms with E-state index in [1.54, 1.807) is 0 Å². The summed E-state index contributed by atoms with van der Waals surface area (Å²) < 4.78 is 39.0. The van der Waals surface area contributed by atoms with Crippen molar-refractivity contribution in [1.29, 1.82) is 0 Å². The maximum atomic E-state index is 12.7. The van der Waals surface area contributed by atoms with Crippen molar-refractivity contribution < 1.29 is 13.2 Å². The van der Waals surface area contributed by atoms with Crippen LogP contribution in [0.25, 0.3) is 22.4 Å². The lowest BCUT2D eigenvalue weighted by Gasteiger charge is -2.05. The highest BCUT2D eigenvalue weighted by Crippen LogP contribution is 2.33. The van der Waals surface area contributed by atoms with Crippen molar-refractivity contribution in [3.05, 3.63) is 52.0 Å². The van der Waals surface area contributed by atoms with Crippen LogP contribution in [0.5, 0.6) is 0 Å². The molecule has 0 fully saturated rings. The summed E-state index contributed by atoms with van der Waals surface area (Å²) in [5.74, 6) is 0.542. The zero-order valence-corrected chi connectivity index (χ0v) is 12.5. The molecule has 2 nitrogen and oxygen atoms in total. The van der Waals surface area contributed by atoms with E-state index in [-0.39, 0.29) is 0 Å². The van der Waals surface area contributed by atoms with Gasteiger partial charge in [-0.1, -0.05) is 18.2 Å². The first kappa shape index (κ1) is 14.1. The predicted molar refractivity (Wildman–Crippen MR) is 79.0 cm³/mol. The molecule has 3 rings (SSSR count). The van der Waals surface area contributed by atoms with Crippen molar-refractivity contribution in [2.75, 3.05) is 0 Å². The van der Waals surface area contributed by atoms with Gasteiger partial charge < -0.3 is 4.98 Å². The SMILES string of the molecule is Cc1cccc(-c2nc3ccc(C(F)(F)F)cc3[nH]2)c1Br. The highest BCUT2D eigenvalue weighted by Gasteiger charge is 2.30. The minimum Gasteiger partial charge on any atom is -0.338 e. The molecule has 2 aromatic carbocycles. The van der Waals surface area contributed by atoms with Gasteiger partial charge in [-0.15, -0.1) is 0 Å². The molecule has 0 aliphatic heterocycles. The summed E-state index contributed by atoms with van der Waals surface area (Å²) in [7, 11) is 0. The number of fused-ring (bicyclic) bond motifs is 1. The van der Waals surface area contributed by atoms with Crippen LogP contribution in [0.1, 0.15) is 11.1 Å². The van der Waals surface area contributed by atoms with Gasteiger partial charge in [0.05, 0.1) is 16.6 Å². The van der Waals surface area contributed by atoms with E-state index < -0.39 is 11.7 Å². The summed E-state index contributed by atoms with van der Waals surface area (Å²) in [5, 5.41) is 0. The van der Waals surface area contributed by atoms with E-state index in [9.17, 15) is 13.2 Å². The molecule has 3 aromatic rings. The Labute approximate surface area is 127 Å². The molecule has 1 heterocycles. The standard InChI is InChI=1S/C15H10BrF3N2/c1-8-3-2-4-10(13(8)16)14-20-11-6-5-9(15(17,18)19)7-12(11)21-14/h2-7H,1H3,(H,20,21). The Balaban J connectivity index is 2.15. The maximum absolute atomic E-state index is 12.7. The summed E-state index contributed by atoms with van der Waals surface area (Å²) in [6.45, 7) is 1.94. The van der Waals surface area contributed by atoms with Crippen LogP contribution in [0.3, 0.4) is 0 Å². The number of nitrogens with zero attached hydrogens (tertiary/aromatic N) is 1. The number of hydrogen-bond acceptors (Lipinski definition) is 1. The summed E-state index contributed by atoms with van der Waals surface area (Å²) >= 11 is 3.48. The number of alkyl halides is 3. The number of aromatic amines is 1. The van der Waals surface area contributed by atoms with Crippen LogP contribution >= 0.6 is 15.9 Å². The van der Waals surface area contributed by atoms with E-state index in [2.05, 4.69) is 25.9 Å². The van der Waals surface area contributed by atoms with Gasteiger partial charge in [-0.2, -0.15) is 13.2 Å². The average molecular weight is 355 g/mol. The molecule has 1 N–H and O–H groups in total. The maximum Gasteiger partial charge on any atom is 0.416 e. The topological polar surface area (TPSA) is 28.7 Å². The fourth-order valence-electron chi connectivity index (χ4n) is 2.14. The van der Waals surface area contributed by atoms with Crippen LogP contribution in [-0.4, -0.2) is 9.97 Å². The van der Waals surface area contributed by atoms with E-state index in [4.69, 9.17) is 0 Å². The molecule has 0 aliphatic rings. The van der Waals surface area contributed by atoms with Crippen molar-refractivity contribution in [1.82, 2.24) is 9.97 Å². The van der Waals surface area contributed by atoms with Crippen LogP contribution in [0.4, 0.5) is 13.2 Å². The zero-order valence-electron chi connectivity index (χ0n) is 10.9. The molecule has 21 heavy (non-hydrogen) atoms. The molecule has 0 aliphatic carbocycles. The van der Waals surface area contributed by atoms with E-state index in [0.29, 0.717) is 16.9 Å². The summed E-state index contributed by atoms with van der Waals surface area (Å²) in [6.07, 6.45) is -4.36. The average Bonchev–Trinajstić information content (AvgIpc) is 2.83. The second-order valence-electron chi connectivity index (χ2n) is 4.75. The minimum absolute atomic E-state index is 0.369. The molecule has 0 bridgehead atoms. The lowest BCUT2D eigenvalue weighted by Crippen LogP contribution is -2.04. The van der Waals surface area contributed by atoms with E-state index in [1.807, 2.05) is 25.1 Å². The van der Waals surface area contributed by atoms with Crippen molar-refractivity contribution in [2.45, 2.75) is 13.1 Å². The third-order valence-corrected chi connectivity index (χ3v) is 4.31. The Morgan fingerprint density at radius 1 is 1.14 bits per heavy atom. The quantitative estimate of drug-likeness (QED) is 0.629. The van der Waals surface area contributed by atoms with Crippen molar-refractivity contribution in [3.63, 3.8) is 0 Å². The van der Waals surface area contributed by atoms with Gasteiger partial charge in [0.2, 0.25) is 0 Å². The number of benzene rings is 2. The first-order valence-electron chi connectivity index (χ1n) is 6.19. The van der Waals surface area contributed by atoms with Crippen LogP contribution < -0.4 is 0 Å². The fraction of sp³-hybridized carbons (Fsp3) is 0.133. The monoisotopic (exact) mass is 354 g/mol. The highest BCUT2D eigenvalue weighted by atomic mass is 79.9. The Hall–Kier alpha value is -1.82. The number of rotatable bonds is 1. The van der Waals surface area contributed by atoms with E-state index >= 15 is 0 Å². The highest BCUT2D eigenvalue weighted by molar-refractivity contribution is 9.10. The first-order valence-corrected chi connectivity index (χ1v) is 6.98. The van der Waals surface area contributed by atoms with Gasteiger partial charge in [0.25, 0.3) is 0 Å². The molecular weight excluding hydrogens is 345 g/mol. The molecule has 0 atom stereocenters. The summed E-state index contributed by atoms with van der Waals surface area (Å²) in [5.41, 5.74) is 2.04. The number of imidazole rings is 1. The second-order valence-corrected chi connectivity index (χ2v) is 5.54. The van der Waals surface area contributed by atoms with Crippen LogP contribution in [0, 0.1) is 6.92 Å². The number of hydrogen-bond donors (Lipinski definition) is 1. The van der Waals surface area contributed by atoms with E-state index in [0.717, 1.165) is 27.7 Å². The Morgan fingerprint density at radius 3 is 2.62 bits per heavy atom. The Bertz CT molecular complexity index is 821. The van der Waals surface area contributed by atoms with E-state index in [1.165, 1.54) is 6.07 Å². The van der Waals surface area contributed by atoms with Crippen LogP contribution in [-0.2, 0) is 6.18 Å². The molecule has 108 valence electrons. The van der Waals surface area contributed by atoms with Crippen molar-refractivity contribution >= 4 is 27.0 Å².